The average Bonchev–Trinajstić information content (AvgIpc) is 2.92. The maximum atomic E-state index is 14.2. The number of ketones is 1. The lowest BCUT2D eigenvalue weighted by molar-refractivity contribution is -0.135. The summed E-state index contributed by atoms with van der Waals surface area (Å²) < 4.78 is 5.80. The van der Waals surface area contributed by atoms with Gasteiger partial charge in [0.1, 0.15) is 5.78 Å². The third kappa shape index (κ3) is 5.12. The third-order valence-corrected chi connectivity index (χ3v) is 10.7. The molecule has 1 unspecified atom stereocenters. The predicted octanol–water partition coefficient (Wildman–Crippen LogP) is 5.48. The standard InChI is InChI=1S/C32H31O3P/c1-3-35-32(34)31(30(24-25(2)33)26-16-8-4-9-17-26)36(27-18-10-5-11-19-27,28-20-12-6-13-21-28)29-22-14-7-15-23-29/h4-23,30H,3,24H2,1-2H3. The van der Waals surface area contributed by atoms with Gasteiger partial charge in [0.25, 0.3) is 0 Å². The van der Waals surface area contributed by atoms with E-state index in [4.69, 9.17) is 4.74 Å². The Labute approximate surface area is 213 Å². The Hall–Kier alpha value is -3.68. The summed E-state index contributed by atoms with van der Waals surface area (Å²) in [4.78, 5) is 26.9. The minimum Gasteiger partial charge on any atom is -0.463 e. The van der Waals surface area contributed by atoms with Crippen molar-refractivity contribution in [2.75, 3.05) is 6.61 Å². The molecule has 0 aromatic heterocycles. The van der Waals surface area contributed by atoms with Gasteiger partial charge in [-0.3, -0.25) is 4.79 Å². The molecule has 0 aliphatic heterocycles. The van der Waals surface area contributed by atoms with Gasteiger partial charge in [-0.1, -0.05) is 121 Å². The van der Waals surface area contributed by atoms with Crippen LogP contribution in [0.4, 0.5) is 0 Å². The Balaban J connectivity index is 2.29. The van der Waals surface area contributed by atoms with E-state index in [0.717, 1.165) is 21.5 Å². The fourth-order valence-electron chi connectivity index (χ4n) is 4.88. The number of ether oxygens (including phenoxy) is 1. The highest BCUT2D eigenvalue weighted by molar-refractivity contribution is 7.96. The number of hydrogen-bond donors (Lipinski definition) is 0. The first-order valence-electron chi connectivity index (χ1n) is 12.2. The Morgan fingerprint density at radius 2 is 1.06 bits per heavy atom. The van der Waals surface area contributed by atoms with Gasteiger partial charge in [0, 0.05) is 12.3 Å². The van der Waals surface area contributed by atoms with Gasteiger partial charge in [0.05, 0.1) is 11.9 Å². The van der Waals surface area contributed by atoms with Crippen molar-refractivity contribution in [3.8, 4) is 0 Å². The topological polar surface area (TPSA) is 43.4 Å². The Kier molecular flexibility index (Phi) is 8.36. The summed E-state index contributed by atoms with van der Waals surface area (Å²) in [6.45, 7) is 0.930. The molecule has 4 aromatic carbocycles. The summed E-state index contributed by atoms with van der Waals surface area (Å²) in [6.07, 6.45) is 0.215. The second-order valence-electron chi connectivity index (χ2n) is 8.65. The normalized spacial score (nSPS) is 11.9. The van der Waals surface area contributed by atoms with Crippen LogP contribution in [0.5, 0.6) is 0 Å². The molecule has 3 nitrogen and oxygen atoms in total. The Morgan fingerprint density at radius 3 is 1.42 bits per heavy atom. The Bertz CT molecular complexity index is 1240. The molecule has 1 atom stereocenters. The lowest BCUT2D eigenvalue weighted by Crippen LogP contribution is -2.38. The smallest absolute Gasteiger partial charge is 0.335 e. The van der Waals surface area contributed by atoms with E-state index in [9.17, 15) is 9.59 Å². The zero-order valence-electron chi connectivity index (χ0n) is 20.7. The van der Waals surface area contributed by atoms with Crippen LogP contribution < -0.4 is 15.9 Å². The molecule has 36 heavy (non-hydrogen) atoms. The van der Waals surface area contributed by atoms with Crippen LogP contribution in [-0.4, -0.2) is 23.7 Å². The van der Waals surface area contributed by atoms with Gasteiger partial charge in [-0.2, -0.15) is 0 Å². The van der Waals surface area contributed by atoms with E-state index in [-0.39, 0.29) is 24.8 Å². The molecule has 0 aliphatic rings. The fourth-order valence-corrected chi connectivity index (χ4v) is 9.52. The van der Waals surface area contributed by atoms with Crippen LogP contribution in [0.25, 0.3) is 0 Å². The van der Waals surface area contributed by atoms with E-state index < -0.39 is 12.8 Å². The van der Waals surface area contributed by atoms with Crippen molar-refractivity contribution in [2.45, 2.75) is 26.2 Å². The second kappa shape index (κ2) is 11.8. The molecule has 0 fully saturated rings. The Morgan fingerprint density at radius 1 is 0.667 bits per heavy atom. The summed E-state index contributed by atoms with van der Waals surface area (Å²) in [5.41, 5.74) is 0.933. The number of benzene rings is 4. The number of carbonyl (C=O) groups is 2. The van der Waals surface area contributed by atoms with E-state index >= 15 is 0 Å². The molecule has 0 radical (unpaired) electrons. The van der Waals surface area contributed by atoms with E-state index in [1.807, 2.05) is 91.9 Å². The summed E-state index contributed by atoms with van der Waals surface area (Å²) in [5.74, 6) is -0.757. The molecular formula is C32H31O3P. The van der Waals surface area contributed by atoms with Gasteiger partial charge in [0.15, 0.2) is 0 Å². The zero-order valence-corrected chi connectivity index (χ0v) is 21.6. The SMILES string of the molecule is CCOC(=O)C(C(CC(C)=O)c1ccccc1)=P(c1ccccc1)(c1ccccc1)c1ccccc1. The van der Waals surface area contributed by atoms with Crippen molar-refractivity contribution in [2.24, 2.45) is 0 Å². The van der Waals surface area contributed by atoms with Crippen LogP contribution in [0.3, 0.4) is 0 Å². The highest BCUT2D eigenvalue weighted by Crippen LogP contribution is 2.50. The lowest BCUT2D eigenvalue weighted by atomic mass is 9.91. The van der Waals surface area contributed by atoms with Crippen LogP contribution in [0.2, 0.25) is 0 Å². The minimum absolute atomic E-state index is 0.0259. The van der Waals surface area contributed by atoms with Crippen molar-refractivity contribution < 1.29 is 14.3 Å². The molecule has 4 rings (SSSR count). The highest BCUT2D eigenvalue weighted by Gasteiger charge is 2.38. The molecule has 0 spiro atoms. The van der Waals surface area contributed by atoms with Crippen LogP contribution in [0.15, 0.2) is 121 Å². The molecule has 0 aliphatic carbocycles. The predicted molar refractivity (Wildman–Crippen MR) is 151 cm³/mol. The zero-order chi connectivity index (χ0) is 25.4. The van der Waals surface area contributed by atoms with Crippen molar-refractivity contribution in [3.05, 3.63) is 127 Å². The van der Waals surface area contributed by atoms with E-state index in [0.29, 0.717) is 5.29 Å². The summed E-state index contributed by atoms with van der Waals surface area (Å²) in [5, 5.41) is 3.80. The maximum absolute atomic E-state index is 14.2. The van der Waals surface area contributed by atoms with E-state index in [1.54, 1.807) is 6.92 Å². The first kappa shape index (κ1) is 25.4. The second-order valence-corrected chi connectivity index (χ2v) is 12.0. The monoisotopic (exact) mass is 494 g/mol. The summed E-state index contributed by atoms with van der Waals surface area (Å²) in [7, 11) is 0. The third-order valence-electron chi connectivity index (χ3n) is 6.30. The van der Waals surface area contributed by atoms with Gasteiger partial charge < -0.3 is 4.74 Å². The number of Topliss-reactive ketones (excluding diaryl/α,β-unsaturated/α-hetero) is 1. The van der Waals surface area contributed by atoms with Crippen molar-refractivity contribution in [1.82, 2.24) is 0 Å². The number of hydrogen-bond acceptors (Lipinski definition) is 3. The quantitative estimate of drug-likeness (QED) is 0.229. The van der Waals surface area contributed by atoms with Gasteiger partial charge in [-0.15, -0.1) is 0 Å². The maximum Gasteiger partial charge on any atom is 0.335 e. The van der Waals surface area contributed by atoms with Gasteiger partial charge in [-0.05, 0) is 42.2 Å². The first-order chi connectivity index (χ1) is 17.6. The molecule has 0 saturated carbocycles. The molecule has 0 bridgehead atoms. The molecule has 4 heteroatoms. The van der Waals surface area contributed by atoms with E-state index in [1.165, 1.54) is 0 Å². The molecular weight excluding hydrogens is 463 g/mol. The molecule has 4 aromatic rings. The highest BCUT2D eigenvalue weighted by atomic mass is 31.2. The van der Waals surface area contributed by atoms with Crippen molar-refractivity contribution in [1.29, 1.82) is 0 Å². The molecule has 0 N–H and O–H groups in total. The lowest BCUT2D eigenvalue weighted by Gasteiger charge is -2.35. The van der Waals surface area contributed by atoms with Gasteiger partial charge in [-0.25, -0.2) is 4.79 Å². The van der Waals surface area contributed by atoms with Crippen LogP contribution in [0.1, 0.15) is 31.7 Å². The minimum atomic E-state index is -2.74. The van der Waals surface area contributed by atoms with Crippen LogP contribution in [-0.2, 0) is 14.3 Å². The molecule has 0 amide bonds. The van der Waals surface area contributed by atoms with E-state index in [2.05, 4.69) is 36.4 Å². The van der Waals surface area contributed by atoms with Crippen LogP contribution >= 0.6 is 6.89 Å². The summed E-state index contributed by atoms with van der Waals surface area (Å²) in [6, 6.07) is 40.5. The summed E-state index contributed by atoms with van der Waals surface area (Å²) >= 11 is 0. The fraction of sp³-hybridized carbons (Fsp3) is 0.156. The average molecular weight is 495 g/mol. The van der Waals surface area contributed by atoms with Gasteiger partial charge in [0.2, 0.25) is 0 Å². The number of carbonyl (C=O) groups excluding carboxylic acids is 2. The number of rotatable bonds is 9. The molecule has 182 valence electrons. The largest absolute Gasteiger partial charge is 0.463 e. The van der Waals surface area contributed by atoms with Gasteiger partial charge >= 0.3 is 5.97 Å². The molecule has 0 heterocycles. The molecule has 0 saturated heterocycles. The van der Waals surface area contributed by atoms with Crippen molar-refractivity contribution in [3.63, 3.8) is 0 Å². The number of esters is 1. The first-order valence-corrected chi connectivity index (χ1v) is 14.0. The van der Waals surface area contributed by atoms with Crippen molar-refractivity contribution >= 4 is 39.8 Å². The van der Waals surface area contributed by atoms with Crippen LogP contribution in [0, 0.1) is 0 Å².